The first-order chi connectivity index (χ1) is 13.6. The van der Waals surface area contributed by atoms with E-state index in [0.29, 0.717) is 19.3 Å². The lowest BCUT2D eigenvalue weighted by atomic mass is 9.98. The highest BCUT2D eigenvalue weighted by molar-refractivity contribution is 7.92. The highest BCUT2D eigenvalue weighted by atomic mass is 32.2. The summed E-state index contributed by atoms with van der Waals surface area (Å²) in [6.07, 6.45) is 4.31. The average molecular weight is 426 g/mol. The number of carbonyl (C=O) groups excluding carboxylic acids is 3. The van der Waals surface area contributed by atoms with E-state index >= 15 is 0 Å². The van der Waals surface area contributed by atoms with Crippen molar-refractivity contribution < 1.29 is 27.2 Å². The van der Waals surface area contributed by atoms with Gasteiger partial charge in [-0.05, 0) is 37.5 Å². The minimum atomic E-state index is -3.65. The first-order valence-corrected chi connectivity index (χ1v) is 11.2. The Morgan fingerprint density at radius 3 is 2.62 bits per heavy atom. The Bertz CT molecular complexity index is 944. The quantitative estimate of drug-likeness (QED) is 0.446. The highest BCUT2D eigenvalue weighted by Crippen LogP contribution is 2.35. The predicted molar refractivity (Wildman–Crippen MR) is 103 cm³/mol. The van der Waals surface area contributed by atoms with Crippen molar-refractivity contribution >= 4 is 33.6 Å². The molecule has 3 N–H and O–H groups in total. The molecule has 0 bridgehead atoms. The van der Waals surface area contributed by atoms with E-state index in [0.717, 1.165) is 36.1 Å². The third kappa shape index (κ3) is 4.66. The number of carbonyl (C=O) groups is 3. The smallest absolute Gasteiger partial charge is 0.325 e. The maximum atomic E-state index is 13.5. The minimum absolute atomic E-state index is 0.0383. The Morgan fingerprint density at radius 1 is 1.28 bits per heavy atom. The molecule has 1 aliphatic heterocycles. The lowest BCUT2D eigenvalue weighted by Crippen LogP contribution is -2.44. The fraction of sp³-hybridized carbons (Fsp3) is 0.500. The van der Waals surface area contributed by atoms with E-state index in [2.05, 4.69) is 15.4 Å². The number of amides is 4. The van der Waals surface area contributed by atoms with E-state index in [1.165, 1.54) is 6.07 Å². The van der Waals surface area contributed by atoms with Gasteiger partial charge in [0.2, 0.25) is 10.0 Å². The van der Waals surface area contributed by atoms with Crippen molar-refractivity contribution in [3.63, 3.8) is 0 Å². The normalized spacial score (nSPS) is 18.2. The van der Waals surface area contributed by atoms with Gasteiger partial charge in [0.25, 0.3) is 11.8 Å². The van der Waals surface area contributed by atoms with Crippen LogP contribution in [0.2, 0.25) is 0 Å². The summed E-state index contributed by atoms with van der Waals surface area (Å²) in [6.45, 7) is 0.266. The molecular weight excluding hydrogens is 403 g/mol. The summed E-state index contributed by atoms with van der Waals surface area (Å²) in [7, 11) is -3.65. The van der Waals surface area contributed by atoms with Crippen molar-refractivity contribution in [3.05, 3.63) is 29.6 Å². The third-order valence-electron chi connectivity index (χ3n) is 5.07. The number of sulfonamides is 1. The van der Waals surface area contributed by atoms with Crippen LogP contribution in [0.5, 0.6) is 0 Å². The molecule has 1 saturated carbocycles. The van der Waals surface area contributed by atoms with Crippen LogP contribution in [-0.4, -0.2) is 56.0 Å². The number of nitrogens with one attached hydrogen (secondary N) is 3. The molecule has 29 heavy (non-hydrogen) atoms. The molecule has 2 aliphatic rings. The van der Waals surface area contributed by atoms with Crippen LogP contribution < -0.4 is 15.4 Å². The number of hydrogen-bond acceptors (Lipinski definition) is 5. The molecule has 0 aromatic heterocycles. The van der Waals surface area contributed by atoms with Gasteiger partial charge in [-0.2, -0.15) is 0 Å². The van der Waals surface area contributed by atoms with Crippen LogP contribution >= 0.6 is 0 Å². The second-order valence-corrected chi connectivity index (χ2v) is 9.10. The molecule has 0 unspecified atom stereocenters. The Morgan fingerprint density at radius 2 is 1.97 bits per heavy atom. The fourth-order valence-corrected chi connectivity index (χ4v) is 4.30. The number of halogens is 1. The molecule has 1 saturated heterocycles. The summed E-state index contributed by atoms with van der Waals surface area (Å²) in [4.78, 5) is 38.2. The number of rotatable bonds is 7. The molecule has 158 valence electrons. The number of benzene rings is 1. The molecule has 1 heterocycles. The van der Waals surface area contributed by atoms with Gasteiger partial charge < -0.3 is 10.6 Å². The lowest BCUT2D eigenvalue weighted by molar-refractivity contribution is -0.131. The SMILES string of the molecule is CS(=O)(=O)Nc1ccc(F)cc1C(=O)NCCCN1C(=O)NC2(CCCC2)C1=O. The summed E-state index contributed by atoms with van der Waals surface area (Å²) in [6, 6.07) is 2.72. The van der Waals surface area contributed by atoms with Crippen molar-refractivity contribution in [2.75, 3.05) is 24.1 Å². The summed E-state index contributed by atoms with van der Waals surface area (Å²) in [5.41, 5.74) is -0.965. The van der Waals surface area contributed by atoms with Crippen molar-refractivity contribution in [2.24, 2.45) is 0 Å². The standard InChI is InChI=1S/C18H23FN4O5S/c1-29(27,28)22-14-6-5-12(19)11-13(14)15(24)20-9-4-10-23-16(25)18(21-17(23)26)7-2-3-8-18/h5-6,11,22H,2-4,7-10H2,1H3,(H,20,24)(H,21,26). The zero-order chi connectivity index (χ0) is 21.2. The molecule has 1 aromatic rings. The van der Waals surface area contributed by atoms with Gasteiger partial charge in [-0.15, -0.1) is 0 Å². The van der Waals surface area contributed by atoms with Gasteiger partial charge in [-0.25, -0.2) is 17.6 Å². The van der Waals surface area contributed by atoms with Gasteiger partial charge in [-0.1, -0.05) is 12.8 Å². The molecule has 1 aromatic carbocycles. The second kappa shape index (κ2) is 7.97. The number of nitrogens with zero attached hydrogens (tertiary/aromatic N) is 1. The first kappa shape index (κ1) is 21.0. The molecular formula is C18H23FN4O5S. The topological polar surface area (TPSA) is 125 Å². The van der Waals surface area contributed by atoms with E-state index in [9.17, 15) is 27.2 Å². The summed E-state index contributed by atoms with van der Waals surface area (Å²) < 4.78 is 38.5. The van der Waals surface area contributed by atoms with E-state index in [4.69, 9.17) is 0 Å². The van der Waals surface area contributed by atoms with Crippen LogP contribution in [-0.2, 0) is 14.8 Å². The zero-order valence-electron chi connectivity index (χ0n) is 16.0. The Labute approximate surface area is 168 Å². The number of hydrogen-bond donors (Lipinski definition) is 3. The molecule has 4 amide bonds. The van der Waals surface area contributed by atoms with Crippen LogP contribution in [0.15, 0.2) is 18.2 Å². The van der Waals surface area contributed by atoms with Crippen molar-refractivity contribution in [1.29, 1.82) is 0 Å². The number of imide groups is 1. The average Bonchev–Trinajstić information content (AvgIpc) is 3.19. The van der Waals surface area contributed by atoms with Crippen LogP contribution in [0.3, 0.4) is 0 Å². The Hall–Kier alpha value is -2.69. The molecule has 0 radical (unpaired) electrons. The van der Waals surface area contributed by atoms with Gasteiger partial charge in [0.15, 0.2) is 0 Å². The summed E-state index contributed by atoms with van der Waals surface area (Å²) in [5, 5.41) is 5.34. The van der Waals surface area contributed by atoms with Gasteiger partial charge in [0.1, 0.15) is 11.4 Å². The summed E-state index contributed by atoms with van der Waals surface area (Å²) >= 11 is 0. The van der Waals surface area contributed by atoms with Crippen molar-refractivity contribution in [1.82, 2.24) is 15.5 Å². The van der Waals surface area contributed by atoms with E-state index in [-0.39, 0.29) is 30.2 Å². The number of anilines is 1. The monoisotopic (exact) mass is 426 g/mol. The lowest BCUT2D eigenvalue weighted by Gasteiger charge is -2.20. The molecule has 3 rings (SSSR count). The van der Waals surface area contributed by atoms with E-state index in [1.54, 1.807) is 0 Å². The van der Waals surface area contributed by atoms with E-state index in [1.807, 2.05) is 0 Å². The zero-order valence-corrected chi connectivity index (χ0v) is 16.8. The third-order valence-corrected chi connectivity index (χ3v) is 5.66. The molecule has 9 nitrogen and oxygen atoms in total. The van der Waals surface area contributed by atoms with Crippen LogP contribution in [0, 0.1) is 5.82 Å². The summed E-state index contributed by atoms with van der Waals surface area (Å²) in [5.74, 6) is -1.58. The molecule has 11 heteroatoms. The predicted octanol–water partition coefficient (Wildman–Crippen LogP) is 1.18. The van der Waals surface area contributed by atoms with Gasteiger partial charge in [0, 0.05) is 13.1 Å². The number of urea groups is 1. The van der Waals surface area contributed by atoms with Crippen molar-refractivity contribution in [3.8, 4) is 0 Å². The molecule has 1 aliphatic carbocycles. The van der Waals surface area contributed by atoms with Gasteiger partial charge in [0.05, 0.1) is 17.5 Å². The maximum Gasteiger partial charge on any atom is 0.325 e. The minimum Gasteiger partial charge on any atom is -0.352 e. The first-order valence-electron chi connectivity index (χ1n) is 9.31. The second-order valence-electron chi connectivity index (χ2n) is 7.35. The largest absolute Gasteiger partial charge is 0.352 e. The van der Waals surface area contributed by atoms with Gasteiger partial charge in [-0.3, -0.25) is 19.2 Å². The van der Waals surface area contributed by atoms with Crippen LogP contribution in [0.1, 0.15) is 42.5 Å². The van der Waals surface area contributed by atoms with Gasteiger partial charge >= 0.3 is 6.03 Å². The molecule has 0 atom stereocenters. The van der Waals surface area contributed by atoms with Crippen LogP contribution in [0.25, 0.3) is 0 Å². The highest BCUT2D eigenvalue weighted by Gasteiger charge is 2.51. The fourth-order valence-electron chi connectivity index (χ4n) is 3.72. The van der Waals surface area contributed by atoms with Crippen LogP contribution in [0.4, 0.5) is 14.9 Å². The van der Waals surface area contributed by atoms with E-state index < -0.39 is 33.3 Å². The molecule has 2 fully saturated rings. The Kier molecular flexibility index (Phi) is 5.78. The maximum absolute atomic E-state index is 13.5. The molecule has 1 spiro atoms. The Balaban J connectivity index is 1.56. The van der Waals surface area contributed by atoms with Crippen molar-refractivity contribution in [2.45, 2.75) is 37.6 Å².